The van der Waals surface area contributed by atoms with Crippen molar-refractivity contribution in [1.29, 1.82) is 0 Å². The lowest BCUT2D eigenvalue weighted by Gasteiger charge is -2.07. The van der Waals surface area contributed by atoms with Crippen molar-refractivity contribution >= 4 is 22.4 Å². The number of hydrogen-bond acceptors (Lipinski definition) is 6. The Kier molecular flexibility index (Phi) is 4.29. The van der Waals surface area contributed by atoms with Gasteiger partial charge in [0.25, 0.3) is 5.56 Å². The van der Waals surface area contributed by atoms with Crippen LogP contribution in [0.2, 0.25) is 0 Å². The van der Waals surface area contributed by atoms with Crippen LogP contribution in [0.25, 0.3) is 11.3 Å². The van der Waals surface area contributed by atoms with E-state index in [4.69, 9.17) is 0 Å². The maximum Gasteiger partial charge on any atom is 0.267 e. The number of carbonyl (C=O) groups excluding carboxylic acids is 1. The second kappa shape index (κ2) is 6.75. The normalized spacial score (nSPS) is 13.6. The molecule has 1 aliphatic rings. The Bertz CT molecular complexity index is 1030. The van der Waals surface area contributed by atoms with Gasteiger partial charge in [-0.1, -0.05) is 23.5 Å². The average molecular weight is 371 g/mol. The van der Waals surface area contributed by atoms with E-state index in [0.717, 1.165) is 22.5 Å². The summed E-state index contributed by atoms with van der Waals surface area (Å²) < 4.78 is 14.9. The molecule has 26 heavy (non-hydrogen) atoms. The van der Waals surface area contributed by atoms with E-state index >= 15 is 0 Å². The molecule has 0 saturated heterocycles. The first kappa shape index (κ1) is 16.5. The van der Waals surface area contributed by atoms with Crippen LogP contribution in [0, 0.1) is 5.82 Å². The van der Waals surface area contributed by atoms with Gasteiger partial charge in [0.15, 0.2) is 0 Å². The minimum atomic E-state index is -0.448. The van der Waals surface area contributed by atoms with Crippen molar-refractivity contribution in [2.24, 2.45) is 0 Å². The summed E-state index contributed by atoms with van der Waals surface area (Å²) in [5, 5.41) is 16.0. The molecule has 1 amide bonds. The van der Waals surface area contributed by atoms with E-state index in [2.05, 4.69) is 20.6 Å². The van der Waals surface area contributed by atoms with Gasteiger partial charge < -0.3 is 0 Å². The highest BCUT2D eigenvalue weighted by atomic mass is 32.1. The zero-order valence-corrected chi connectivity index (χ0v) is 14.4. The van der Waals surface area contributed by atoms with Crippen LogP contribution in [0.15, 0.2) is 41.2 Å². The van der Waals surface area contributed by atoms with Gasteiger partial charge in [0.1, 0.15) is 17.4 Å². The molecule has 1 saturated carbocycles. The predicted molar refractivity (Wildman–Crippen MR) is 94.4 cm³/mol. The number of amides is 1. The lowest BCUT2D eigenvalue weighted by atomic mass is 10.1. The zero-order valence-electron chi connectivity index (χ0n) is 13.6. The number of hydrogen-bond donors (Lipinski definition) is 1. The molecule has 2 aromatic heterocycles. The Morgan fingerprint density at radius 2 is 2.04 bits per heavy atom. The summed E-state index contributed by atoms with van der Waals surface area (Å²) in [7, 11) is 0. The average Bonchev–Trinajstić information content (AvgIpc) is 3.37. The second-order valence-electron chi connectivity index (χ2n) is 5.96. The third-order valence-corrected chi connectivity index (χ3v) is 4.92. The molecule has 0 atom stereocenters. The maximum atomic E-state index is 13.9. The summed E-state index contributed by atoms with van der Waals surface area (Å²) in [6, 6.07) is 8.81. The molecule has 1 fully saturated rings. The first-order valence-electron chi connectivity index (χ1n) is 8.06. The molecule has 1 aromatic carbocycles. The molecule has 3 aromatic rings. The summed E-state index contributed by atoms with van der Waals surface area (Å²) in [6.45, 7) is -0.292. The van der Waals surface area contributed by atoms with Gasteiger partial charge in [-0.3, -0.25) is 14.9 Å². The van der Waals surface area contributed by atoms with Gasteiger partial charge in [-0.2, -0.15) is 5.10 Å². The smallest absolute Gasteiger partial charge is 0.267 e. The maximum absolute atomic E-state index is 13.9. The molecular formula is C17H14FN5O2S. The summed E-state index contributed by atoms with van der Waals surface area (Å²) in [4.78, 5) is 24.2. The fraction of sp³-hybridized carbons (Fsp3) is 0.235. The van der Waals surface area contributed by atoms with Crippen molar-refractivity contribution in [3.63, 3.8) is 0 Å². The van der Waals surface area contributed by atoms with Crippen LogP contribution < -0.4 is 10.9 Å². The van der Waals surface area contributed by atoms with E-state index < -0.39 is 17.3 Å². The SMILES string of the molecule is O=C(Cn1nc(-c2ccccc2F)ccc1=O)Nc1nnc(C2CC2)s1. The van der Waals surface area contributed by atoms with Crippen LogP contribution in [0.3, 0.4) is 0 Å². The highest BCUT2D eigenvalue weighted by Gasteiger charge is 2.27. The Morgan fingerprint density at radius 3 is 2.81 bits per heavy atom. The van der Waals surface area contributed by atoms with Crippen LogP contribution in [0.1, 0.15) is 23.8 Å². The molecular weight excluding hydrogens is 357 g/mol. The third-order valence-electron chi connectivity index (χ3n) is 3.92. The van der Waals surface area contributed by atoms with E-state index in [1.165, 1.54) is 29.5 Å². The number of halogens is 1. The minimum Gasteiger partial charge on any atom is -0.299 e. The number of rotatable bonds is 5. The van der Waals surface area contributed by atoms with Gasteiger partial charge in [-0.25, -0.2) is 9.07 Å². The van der Waals surface area contributed by atoms with E-state index in [-0.39, 0.29) is 17.8 Å². The number of nitrogens with zero attached hydrogens (tertiary/aromatic N) is 4. The molecule has 4 rings (SSSR count). The van der Waals surface area contributed by atoms with Gasteiger partial charge in [0.2, 0.25) is 11.0 Å². The van der Waals surface area contributed by atoms with Crippen LogP contribution in [0.5, 0.6) is 0 Å². The van der Waals surface area contributed by atoms with Gasteiger partial charge in [0.05, 0.1) is 5.69 Å². The molecule has 2 heterocycles. The van der Waals surface area contributed by atoms with Gasteiger partial charge >= 0.3 is 0 Å². The molecule has 0 unspecified atom stereocenters. The molecule has 1 N–H and O–H groups in total. The van der Waals surface area contributed by atoms with Crippen molar-refractivity contribution in [3.05, 3.63) is 57.6 Å². The second-order valence-corrected chi connectivity index (χ2v) is 6.97. The van der Waals surface area contributed by atoms with E-state index in [0.29, 0.717) is 11.0 Å². The van der Waals surface area contributed by atoms with E-state index in [1.54, 1.807) is 18.2 Å². The third kappa shape index (κ3) is 3.52. The Balaban J connectivity index is 1.51. The van der Waals surface area contributed by atoms with Crippen molar-refractivity contribution in [2.75, 3.05) is 5.32 Å². The first-order chi connectivity index (χ1) is 12.6. The number of benzene rings is 1. The highest BCUT2D eigenvalue weighted by Crippen LogP contribution is 2.42. The molecule has 0 radical (unpaired) electrons. The van der Waals surface area contributed by atoms with Crippen molar-refractivity contribution in [1.82, 2.24) is 20.0 Å². The van der Waals surface area contributed by atoms with Crippen molar-refractivity contribution in [2.45, 2.75) is 25.3 Å². The topological polar surface area (TPSA) is 89.8 Å². The standard InChI is InChI=1S/C17H14FN5O2S/c18-12-4-2-1-3-11(12)13-7-8-15(25)23(22-13)9-14(24)19-17-21-20-16(26-17)10-5-6-10/h1-4,7-8,10H,5-6,9H2,(H,19,21,24). The molecule has 0 spiro atoms. The summed E-state index contributed by atoms with van der Waals surface area (Å²) in [6.07, 6.45) is 2.20. The largest absolute Gasteiger partial charge is 0.299 e. The van der Waals surface area contributed by atoms with Gasteiger partial charge in [0, 0.05) is 17.5 Å². The Labute approximate surface area is 151 Å². The fourth-order valence-electron chi connectivity index (χ4n) is 2.45. The van der Waals surface area contributed by atoms with Crippen molar-refractivity contribution in [3.8, 4) is 11.3 Å². The number of aromatic nitrogens is 4. The van der Waals surface area contributed by atoms with Crippen LogP contribution in [-0.2, 0) is 11.3 Å². The van der Waals surface area contributed by atoms with E-state index in [9.17, 15) is 14.0 Å². The lowest BCUT2D eigenvalue weighted by molar-refractivity contribution is -0.117. The molecule has 132 valence electrons. The fourth-order valence-corrected chi connectivity index (χ4v) is 3.38. The summed E-state index contributed by atoms with van der Waals surface area (Å²) in [5.41, 5.74) is 0.0958. The Morgan fingerprint density at radius 1 is 1.23 bits per heavy atom. The molecule has 7 nitrogen and oxygen atoms in total. The van der Waals surface area contributed by atoms with E-state index in [1.807, 2.05) is 0 Å². The van der Waals surface area contributed by atoms with Crippen LogP contribution in [0.4, 0.5) is 9.52 Å². The summed E-state index contributed by atoms with van der Waals surface area (Å²) in [5.74, 6) is -0.431. The van der Waals surface area contributed by atoms with Gasteiger partial charge in [-0.05, 0) is 31.0 Å². The molecule has 0 bridgehead atoms. The quantitative estimate of drug-likeness (QED) is 0.744. The van der Waals surface area contributed by atoms with Crippen molar-refractivity contribution < 1.29 is 9.18 Å². The van der Waals surface area contributed by atoms with Crippen LogP contribution >= 0.6 is 11.3 Å². The predicted octanol–water partition coefficient (Wildman–Crippen LogP) is 2.42. The molecule has 9 heteroatoms. The van der Waals surface area contributed by atoms with Gasteiger partial charge in [-0.15, -0.1) is 10.2 Å². The monoisotopic (exact) mass is 371 g/mol. The number of nitrogens with one attached hydrogen (secondary N) is 1. The number of anilines is 1. The molecule has 1 aliphatic carbocycles. The highest BCUT2D eigenvalue weighted by molar-refractivity contribution is 7.15. The summed E-state index contributed by atoms with van der Waals surface area (Å²) >= 11 is 1.34. The van der Waals surface area contributed by atoms with Crippen LogP contribution in [-0.4, -0.2) is 25.9 Å². The first-order valence-corrected chi connectivity index (χ1v) is 8.88. The molecule has 0 aliphatic heterocycles. The Hall–Kier alpha value is -2.94. The zero-order chi connectivity index (χ0) is 18.1. The minimum absolute atomic E-state index is 0.264. The number of carbonyl (C=O) groups is 1. The lowest BCUT2D eigenvalue weighted by Crippen LogP contribution is -2.29.